The lowest BCUT2D eigenvalue weighted by Crippen LogP contribution is -2.17. The normalized spacial score (nSPS) is 10.8. The van der Waals surface area contributed by atoms with E-state index < -0.39 is 0 Å². The van der Waals surface area contributed by atoms with Crippen molar-refractivity contribution in [2.45, 2.75) is 13.2 Å². The van der Waals surface area contributed by atoms with E-state index in [0.29, 0.717) is 23.3 Å². The summed E-state index contributed by atoms with van der Waals surface area (Å²) < 4.78 is 19.9. The van der Waals surface area contributed by atoms with E-state index in [4.69, 9.17) is 4.74 Å². The summed E-state index contributed by atoms with van der Waals surface area (Å²) in [5.74, 6) is -0.316. The van der Waals surface area contributed by atoms with Crippen LogP contribution in [0.2, 0.25) is 0 Å². The molecule has 1 aromatic heterocycles. The topological polar surface area (TPSA) is 47.0 Å². The molecule has 2 rings (SSSR count). The van der Waals surface area contributed by atoms with Crippen molar-refractivity contribution >= 4 is 15.9 Å². The predicted octanol–water partition coefficient (Wildman–Crippen LogP) is 2.27. The number of H-pyrrole nitrogens is 1. The number of methoxy groups -OCH3 is 1. The van der Waals surface area contributed by atoms with Crippen LogP contribution in [0.4, 0.5) is 4.39 Å². The second-order valence-electron chi connectivity index (χ2n) is 3.86. The molecule has 0 aliphatic heterocycles. The third-order valence-corrected chi connectivity index (χ3v) is 3.30. The lowest BCUT2D eigenvalue weighted by atomic mass is 10.2. The van der Waals surface area contributed by atoms with Crippen LogP contribution in [0.3, 0.4) is 0 Å². The van der Waals surface area contributed by atoms with Gasteiger partial charge in [-0.25, -0.2) is 9.07 Å². The Morgan fingerprint density at radius 1 is 1.50 bits per heavy atom. The molecule has 0 aliphatic rings. The Kier molecular flexibility index (Phi) is 3.98. The number of nitrogens with zero attached hydrogens (tertiary/aromatic N) is 1. The number of rotatable bonds is 4. The lowest BCUT2D eigenvalue weighted by molar-refractivity contribution is 0.180. The molecule has 0 fully saturated rings. The highest BCUT2D eigenvalue weighted by atomic mass is 79.9. The minimum absolute atomic E-state index is 0.189. The molecule has 6 heteroatoms. The average Bonchev–Trinajstić information content (AvgIpc) is 2.59. The van der Waals surface area contributed by atoms with Crippen LogP contribution in [0.15, 0.2) is 33.5 Å². The van der Waals surface area contributed by atoms with Crippen molar-refractivity contribution in [3.8, 4) is 0 Å². The molecule has 0 saturated heterocycles. The fourth-order valence-corrected chi connectivity index (χ4v) is 2.10. The van der Waals surface area contributed by atoms with Gasteiger partial charge in [0.25, 0.3) is 5.56 Å². The highest BCUT2D eigenvalue weighted by molar-refractivity contribution is 9.10. The summed E-state index contributed by atoms with van der Waals surface area (Å²) in [6.07, 6.45) is 0. The maximum Gasteiger partial charge on any atom is 0.281 e. The van der Waals surface area contributed by atoms with Crippen LogP contribution in [0.25, 0.3) is 0 Å². The van der Waals surface area contributed by atoms with Crippen molar-refractivity contribution in [1.29, 1.82) is 0 Å². The van der Waals surface area contributed by atoms with Gasteiger partial charge in [0.2, 0.25) is 0 Å². The fraction of sp³-hybridized carbons (Fsp3) is 0.250. The fourth-order valence-electron chi connectivity index (χ4n) is 1.68. The summed E-state index contributed by atoms with van der Waals surface area (Å²) in [6.45, 7) is 0.602. The summed E-state index contributed by atoms with van der Waals surface area (Å²) in [5, 5.41) is 2.93. The van der Waals surface area contributed by atoms with Gasteiger partial charge in [0.1, 0.15) is 10.3 Å². The quantitative estimate of drug-likeness (QED) is 0.941. The first-order valence-corrected chi connectivity index (χ1v) is 6.11. The zero-order chi connectivity index (χ0) is 13.1. The summed E-state index contributed by atoms with van der Waals surface area (Å²) >= 11 is 3.21. The molecule has 4 nitrogen and oxygen atoms in total. The highest BCUT2D eigenvalue weighted by Crippen LogP contribution is 2.12. The molecule has 18 heavy (non-hydrogen) atoms. The van der Waals surface area contributed by atoms with Crippen molar-refractivity contribution in [3.63, 3.8) is 0 Å². The summed E-state index contributed by atoms with van der Waals surface area (Å²) in [6, 6.07) is 6.15. The summed E-state index contributed by atoms with van der Waals surface area (Å²) in [4.78, 5) is 11.9. The van der Waals surface area contributed by atoms with Gasteiger partial charge in [0.15, 0.2) is 0 Å². The standard InChI is InChI=1S/C12H12BrFN2O2/c1-18-7-10-11(13)12(17)16(15-10)6-8-3-2-4-9(14)5-8/h2-5,15H,6-7H2,1H3. The molecule has 0 atom stereocenters. The van der Waals surface area contributed by atoms with E-state index in [1.165, 1.54) is 16.8 Å². The Morgan fingerprint density at radius 2 is 2.28 bits per heavy atom. The van der Waals surface area contributed by atoms with Crippen molar-refractivity contribution in [1.82, 2.24) is 9.78 Å². The van der Waals surface area contributed by atoms with Crippen LogP contribution < -0.4 is 5.56 Å². The Labute approximate surface area is 111 Å². The molecule has 0 amide bonds. The van der Waals surface area contributed by atoms with Crippen LogP contribution in [0, 0.1) is 5.82 Å². The van der Waals surface area contributed by atoms with Gasteiger partial charge in [-0.15, -0.1) is 0 Å². The van der Waals surface area contributed by atoms with Gasteiger partial charge in [0, 0.05) is 7.11 Å². The molecule has 1 aromatic carbocycles. The summed E-state index contributed by atoms with van der Waals surface area (Å²) in [7, 11) is 1.55. The predicted molar refractivity (Wildman–Crippen MR) is 69.0 cm³/mol. The first kappa shape index (κ1) is 13.0. The SMILES string of the molecule is COCc1[nH]n(Cc2cccc(F)c2)c(=O)c1Br. The maximum absolute atomic E-state index is 13.0. The molecule has 96 valence electrons. The minimum atomic E-state index is -0.316. The third kappa shape index (κ3) is 2.70. The van der Waals surface area contributed by atoms with Crippen molar-refractivity contribution < 1.29 is 9.13 Å². The molecular formula is C12H12BrFN2O2. The van der Waals surface area contributed by atoms with E-state index in [-0.39, 0.29) is 11.4 Å². The highest BCUT2D eigenvalue weighted by Gasteiger charge is 2.11. The molecule has 1 heterocycles. The Bertz CT molecular complexity index is 606. The number of nitrogens with one attached hydrogen (secondary N) is 1. The molecular weight excluding hydrogens is 303 g/mol. The van der Waals surface area contributed by atoms with Crippen LogP contribution >= 0.6 is 15.9 Å². The van der Waals surface area contributed by atoms with Gasteiger partial charge >= 0.3 is 0 Å². The van der Waals surface area contributed by atoms with Crippen LogP contribution in [-0.4, -0.2) is 16.9 Å². The van der Waals surface area contributed by atoms with E-state index in [9.17, 15) is 9.18 Å². The molecule has 0 unspecified atom stereocenters. The number of aromatic nitrogens is 2. The Morgan fingerprint density at radius 3 is 2.94 bits per heavy atom. The average molecular weight is 315 g/mol. The van der Waals surface area contributed by atoms with Crippen molar-refractivity contribution in [2.75, 3.05) is 7.11 Å². The van der Waals surface area contributed by atoms with E-state index in [1.54, 1.807) is 19.2 Å². The number of hydrogen-bond acceptors (Lipinski definition) is 2. The van der Waals surface area contributed by atoms with Gasteiger partial charge < -0.3 is 4.74 Å². The lowest BCUT2D eigenvalue weighted by Gasteiger charge is -2.02. The molecule has 0 bridgehead atoms. The number of ether oxygens (including phenoxy) is 1. The molecule has 1 N–H and O–H groups in total. The first-order valence-electron chi connectivity index (χ1n) is 5.32. The molecule has 0 spiro atoms. The van der Waals surface area contributed by atoms with E-state index in [2.05, 4.69) is 21.0 Å². The first-order chi connectivity index (χ1) is 8.61. The molecule has 0 radical (unpaired) electrons. The number of halogens is 2. The van der Waals surface area contributed by atoms with Gasteiger partial charge in [-0.05, 0) is 33.6 Å². The van der Waals surface area contributed by atoms with Gasteiger partial charge in [0.05, 0.1) is 18.8 Å². The monoisotopic (exact) mass is 314 g/mol. The third-order valence-electron chi connectivity index (χ3n) is 2.49. The van der Waals surface area contributed by atoms with Gasteiger partial charge in [-0.1, -0.05) is 12.1 Å². The number of benzene rings is 1. The second kappa shape index (κ2) is 5.49. The van der Waals surface area contributed by atoms with E-state index >= 15 is 0 Å². The van der Waals surface area contributed by atoms with Crippen LogP contribution in [-0.2, 0) is 17.9 Å². The Balaban J connectivity index is 2.29. The van der Waals surface area contributed by atoms with Crippen LogP contribution in [0.1, 0.15) is 11.3 Å². The largest absolute Gasteiger partial charge is 0.378 e. The molecule has 0 aliphatic carbocycles. The van der Waals surface area contributed by atoms with Gasteiger partial charge in [-0.3, -0.25) is 9.89 Å². The maximum atomic E-state index is 13.0. The Hall–Kier alpha value is -1.40. The second-order valence-corrected chi connectivity index (χ2v) is 4.65. The van der Waals surface area contributed by atoms with Crippen molar-refractivity contribution in [2.24, 2.45) is 0 Å². The zero-order valence-electron chi connectivity index (χ0n) is 9.74. The zero-order valence-corrected chi connectivity index (χ0v) is 11.3. The van der Waals surface area contributed by atoms with Gasteiger partial charge in [-0.2, -0.15) is 0 Å². The van der Waals surface area contributed by atoms with Crippen LogP contribution in [0.5, 0.6) is 0 Å². The smallest absolute Gasteiger partial charge is 0.281 e. The van der Waals surface area contributed by atoms with E-state index in [1.807, 2.05) is 0 Å². The molecule has 0 saturated carbocycles. The van der Waals surface area contributed by atoms with E-state index in [0.717, 1.165) is 5.56 Å². The minimum Gasteiger partial charge on any atom is -0.378 e. The number of aromatic amines is 1. The number of hydrogen-bond donors (Lipinski definition) is 1. The van der Waals surface area contributed by atoms with Crippen molar-refractivity contribution in [3.05, 3.63) is 56.2 Å². The molecule has 2 aromatic rings. The summed E-state index contributed by atoms with van der Waals surface area (Å²) in [5.41, 5.74) is 1.19.